The van der Waals surface area contributed by atoms with Crippen molar-refractivity contribution in [3.05, 3.63) is 52.1 Å². The molecule has 0 radical (unpaired) electrons. The topological polar surface area (TPSA) is 121 Å². The summed E-state index contributed by atoms with van der Waals surface area (Å²) in [6.07, 6.45) is 2.18. The Morgan fingerprint density at radius 3 is 2.77 bits per heavy atom. The number of aromatic hydroxyl groups is 1. The van der Waals surface area contributed by atoms with Gasteiger partial charge in [0.1, 0.15) is 28.9 Å². The van der Waals surface area contributed by atoms with E-state index in [-0.39, 0.29) is 57.9 Å². The summed E-state index contributed by atoms with van der Waals surface area (Å²) in [5.74, 6) is -0.332. The highest BCUT2D eigenvalue weighted by Crippen LogP contribution is 2.40. The van der Waals surface area contributed by atoms with E-state index in [2.05, 4.69) is 14.9 Å². The number of alkyl halides is 1. The molecule has 0 aliphatic carbocycles. The van der Waals surface area contributed by atoms with E-state index < -0.39 is 23.7 Å². The second-order valence-electron chi connectivity index (χ2n) is 12.0. The Balaban J connectivity index is 0.000000296. The summed E-state index contributed by atoms with van der Waals surface area (Å²) in [7, 11) is 1.42. The zero-order valence-electron chi connectivity index (χ0n) is 24.5. The molecule has 5 atom stereocenters. The highest BCUT2D eigenvalue weighted by Gasteiger charge is 2.46. The van der Waals surface area contributed by atoms with Gasteiger partial charge in [-0.2, -0.15) is 9.97 Å². The van der Waals surface area contributed by atoms with Crippen LogP contribution in [0.4, 0.5) is 14.6 Å². The third-order valence-corrected chi connectivity index (χ3v) is 9.41. The number of phenolic OH excluding ortho intramolecular Hbond substituents is 1. The molecule has 44 heavy (non-hydrogen) atoms. The van der Waals surface area contributed by atoms with Crippen molar-refractivity contribution in [2.45, 2.75) is 50.5 Å². The molecule has 4 aromatic rings. The molecule has 10 nitrogen and oxygen atoms in total. The summed E-state index contributed by atoms with van der Waals surface area (Å²) in [5, 5.41) is 21.6. The molecule has 232 valence electrons. The van der Waals surface area contributed by atoms with Crippen LogP contribution in [-0.2, 0) is 4.74 Å². The maximum absolute atomic E-state index is 14.9. The lowest BCUT2D eigenvalue weighted by Crippen LogP contribution is -2.34. The average molecular weight is 609 g/mol. The van der Waals surface area contributed by atoms with Crippen LogP contribution in [0.3, 0.4) is 0 Å². The number of β-amino-alcohol motifs (C(OH)–C–C–N with tert-alkyl or cyclic N) is 1. The van der Waals surface area contributed by atoms with Gasteiger partial charge in [-0.05, 0) is 56.3 Å². The number of aryl methyl sites for hydroxylation is 1. The fourth-order valence-corrected chi connectivity index (χ4v) is 7.31. The summed E-state index contributed by atoms with van der Waals surface area (Å²) in [4.78, 5) is 26.4. The van der Waals surface area contributed by atoms with Gasteiger partial charge in [0, 0.05) is 41.6 Å². The predicted molar refractivity (Wildman–Crippen MR) is 159 cm³/mol. The number of ether oxygens (including phenoxy) is 2. The van der Waals surface area contributed by atoms with Crippen LogP contribution < -0.4 is 15.3 Å². The van der Waals surface area contributed by atoms with E-state index in [9.17, 15) is 23.8 Å². The standard InChI is InChI=1S/C25H22FN3O6.C7H12FN/c1-11-21-20(23(28-25(27-21)33-2)29-8-18(31)15-9-34-10-17(15)29)24(32)35-22(11)14-7-13(30)6-12-4-3-5-16(26)19(12)14;8-6-4-7-2-1-3-9(7)5-6/h3-7,15,17-18,30-31H,8-10H2,1-2H3;6-7H,1-5H2. The van der Waals surface area contributed by atoms with E-state index in [1.54, 1.807) is 19.1 Å². The first-order valence-electron chi connectivity index (χ1n) is 14.9. The lowest BCUT2D eigenvalue weighted by molar-refractivity contribution is 0.109. The molecule has 12 heteroatoms. The molecule has 0 saturated carbocycles. The SMILES string of the molecule is COc1nc(N2CC(O)C3COCC32)c2c(=O)oc(-c3cc(O)cc4cccc(F)c34)c(C)c2n1.FC1CC2CCCN2C1. The first kappa shape index (κ1) is 28.9. The van der Waals surface area contributed by atoms with Gasteiger partial charge < -0.3 is 29.0 Å². The maximum atomic E-state index is 14.9. The predicted octanol–water partition coefficient (Wildman–Crippen LogP) is 3.95. The smallest absolute Gasteiger partial charge is 0.349 e. The fourth-order valence-electron chi connectivity index (χ4n) is 7.31. The molecule has 0 amide bonds. The van der Waals surface area contributed by atoms with Crippen molar-refractivity contribution < 1.29 is 32.9 Å². The van der Waals surface area contributed by atoms with Crippen molar-refractivity contribution in [1.82, 2.24) is 14.9 Å². The van der Waals surface area contributed by atoms with Gasteiger partial charge in [0.2, 0.25) is 0 Å². The molecule has 0 bridgehead atoms. The van der Waals surface area contributed by atoms with Crippen LogP contribution in [0, 0.1) is 18.7 Å². The third-order valence-electron chi connectivity index (χ3n) is 9.41. The van der Waals surface area contributed by atoms with Gasteiger partial charge in [0.15, 0.2) is 5.82 Å². The lowest BCUT2D eigenvalue weighted by Gasteiger charge is -2.25. The number of methoxy groups -OCH3 is 1. The van der Waals surface area contributed by atoms with Crippen molar-refractivity contribution in [2.24, 2.45) is 5.92 Å². The quantitative estimate of drug-likeness (QED) is 0.354. The Labute approximate surface area is 251 Å². The number of halogens is 2. The van der Waals surface area contributed by atoms with E-state index in [0.29, 0.717) is 42.6 Å². The van der Waals surface area contributed by atoms with Crippen molar-refractivity contribution in [2.75, 3.05) is 44.9 Å². The molecule has 6 heterocycles. The van der Waals surface area contributed by atoms with E-state index in [4.69, 9.17) is 13.9 Å². The zero-order chi connectivity index (χ0) is 30.7. The number of benzene rings is 2. The average Bonchev–Trinajstić information content (AvgIpc) is 3.78. The minimum absolute atomic E-state index is 0.0379. The number of hydrogen-bond donors (Lipinski definition) is 2. The van der Waals surface area contributed by atoms with E-state index in [1.165, 1.54) is 38.2 Å². The van der Waals surface area contributed by atoms with Crippen LogP contribution in [0.15, 0.2) is 39.5 Å². The Morgan fingerprint density at radius 1 is 1.14 bits per heavy atom. The van der Waals surface area contributed by atoms with Crippen LogP contribution >= 0.6 is 0 Å². The number of nitrogens with zero attached hydrogens (tertiary/aromatic N) is 4. The number of rotatable bonds is 3. The van der Waals surface area contributed by atoms with Gasteiger partial charge in [-0.25, -0.2) is 13.6 Å². The fraction of sp³-hybridized carbons (Fsp3) is 0.469. The van der Waals surface area contributed by atoms with Gasteiger partial charge in [-0.15, -0.1) is 0 Å². The Kier molecular flexibility index (Phi) is 7.38. The first-order valence-corrected chi connectivity index (χ1v) is 14.9. The largest absolute Gasteiger partial charge is 0.508 e. The van der Waals surface area contributed by atoms with Crippen LogP contribution in [-0.4, -0.2) is 89.4 Å². The highest BCUT2D eigenvalue weighted by molar-refractivity contribution is 6.00. The number of aliphatic hydroxyl groups is 1. The van der Waals surface area contributed by atoms with Gasteiger partial charge in [-0.1, -0.05) is 12.1 Å². The molecule has 2 aromatic heterocycles. The number of fused-ring (bicyclic) bond motifs is 4. The molecule has 0 spiro atoms. The molecule has 4 fully saturated rings. The normalized spacial score (nSPS) is 26.2. The molecule has 5 unspecified atom stereocenters. The molecule has 2 aromatic carbocycles. The monoisotopic (exact) mass is 608 g/mol. The number of anilines is 1. The molecule has 8 rings (SSSR count). The summed E-state index contributed by atoms with van der Waals surface area (Å²) in [6, 6.07) is 7.81. The molecular weight excluding hydrogens is 574 g/mol. The first-order chi connectivity index (χ1) is 21.2. The minimum atomic E-state index is -0.719. The van der Waals surface area contributed by atoms with Crippen molar-refractivity contribution in [1.29, 1.82) is 0 Å². The van der Waals surface area contributed by atoms with Gasteiger partial charge >= 0.3 is 11.6 Å². The van der Waals surface area contributed by atoms with Gasteiger partial charge in [0.05, 0.1) is 38.0 Å². The van der Waals surface area contributed by atoms with Crippen molar-refractivity contribution in [3.8, 4) is 23.1 Å². The van der Waals surface area contributed by atoms with E-state index in [0.717, 1.165) is 13.0 Å². The molecule has 2 N–H and O–H groups in total. The van der Waals surface area contributed by atoms with Crippen LogP contribution in [0.1, 0.15) is 24.8 Å². The molecular formula is C32H34F2N4O6. The lowest BCUT2D eigenvalue weighted by atomic mass is 9.98. The van der Waals surface area contributed by atoms with Crippen molar-refractivity contribution >= 4 is 27.5 Å². The second kappa shape index (κ2) is 11.2. The van der Waals surface area contributed by atoms with Crippen molar-refractivity contribution in [3.63, 3.8) is 0 Å². The molecule has 4 saturated heterocycles. The van der Waals surface area contributed by atoms with Crippen LogP contribution in [0.5, 0.6) is 11.8 Å². The van der Waals surface area contributed by atoms with Gasteiger partial charge in [0.25, 0.3) is 0 Å². The van der Waals surface area contributed by atoms with Crippen LogP contribution in [0.25, 0.3) is 33.0 Å². The Morgan fingerprint density at radius 2 is 1.98 bits per heavy atom. The highest BCUT2D eigenvalue weighted by atomic mass is 19.1. The number of hydrogen-bond acceptors (Lipinski definition) is 10. The minimum Gasteiger partial charge on any atom is -0.508 e. The second-order valence-corrected chi connectivity index (χ2v) is 12.0. The Hall–Kier alpha value is -3.87. The third kappa shape index (κ3) is 4.85. The molecule has 4 aliphatic rings. The zero-order valence-corrected chi connectivity index (χ0v) is 24.5. The van der Waals surface area contributed by atoms with E-state index >= 15 is 0 Å². The summed E-state index contributed by atoms with van der Waals surface area (Å²) < 4.78 is 44.1. The maximum Gasteiger partial charge on any atom is 0.349 e. The summed E-state index contributed by atoms with van der Waals surface area (Å²) in [6.45, 7) is 4.66. The molecule has 4 aliphatic heterocycles. The number of aromatic nitrogens is 2. The number of aliphatic hydroxyl groups excluding tert-OH is 1. The summed E-state index contributed by atoms with van der Waals surface area (Å²) >= 11 is 0. The van der Waals surface area contributed by atoms with Crippen LogP contribution in [0.2, 0.25) is 0 Å². The Bertz CT molecular complexity index is 1790. The number of phenols is 1. The van der Waals surface area contributed by atoms with E-state index in [1.807, 2.05) is 4.90 Å². The van der Waals surface area contributed by atoms with Gasteiger partial charge in [-0.3, -0.25) is 4.90 Å². The summed E-state index contributed by atoms with van der Waals surface area (Å²) in [5.41, 5.74) is 0.246.